The summed E-state index contributed by atoms with van der Waals surface area (Å²) in [7, 11) is 0. The van der Waals surface area contributed by atoms with Crippen LogP contribution in [-0.4, -0.2) is 11.9 Å². The van der Waals surface area contributed by atoms with E-state index < -0.39 is 0 Å². The number of rotatable bonds is 4. The molecule has 0 saturated carbocycles. The van der Waals surface area contributed by atoms with E-state index >= 15 is 0 Å². The van der Waals surface area contributed by atoms with E-state index in [9.17, 15) is 0 Å². The fraction of sp³-hybridized carbons (Fsp3) is 0.700. The molecule has 0 aromatic rings. The molecule has 0 aromatic heterocycles. The van der Waals surface area contributed by atoms with Gasteiger partial charge < -0.3 is 5.73 Å². The molecule has 70 valence electrons. The monoisotopic (exact) mass is 168 g/mol. The van der Waals surface area contributed by atoms with Crippen molar-refractivity contribution < 1.29 is 0 Å². The van der Waals surface area contributed by atoms with Gasteiger partial charge in [0, 0.05) is 12.0 Å². The molecule has 1 atom stereocenters. The van der Waals surface area contributed by atoms with Crippen LogP contribution in [0.3, 0.4) is 0 Å². The van der Waals surface area contributed by atoms with Crippen molar-refractivity contribution in [3.05, 3.63) is 12.2 Å². The maximum atomic E-state index is 5.78. The molecule has 12 heavy (non-hydrogen) atoms. The zero-order valence-corrected chi connectivity index (χ0v) is 8.59. The third kappa shape index (κ3) is 4.94. The molecule has 2 N–H and O–H groups in total. The molecule has 0 bridgehead atoms. The van der Waals surface area contributed by atoms with Gasteiger partial charge in [-0.1, -0.05) is 12.5 Å². The Labute approximate surface area is 75.6 Å². The summed E-state index contributed by atoms with van der Waals surface area (Å²) < 4.78 is 0. The highest BCUT2D eigenvalue weighted by Gasteiger charge is 2.06. The molecule has 0 aliphatic rings. The minimum Gasteiger partial charge on any atom is -0.387 e. The standard InChI is InChI=1S/C10H20N2/c1-7(2)6-9(5)10(11)12-8(3)4/h8-9H,1,6H2,2-5H3,(H2,11,12). The van der Waals surface area contributed by atoms with Gasteiger partial charge in [0.05, 0.1) is 5.84 Å². The van der Waals surface area contributed by atoms with Gasteiger partial charge in [-0.05, 0) is 27.2 Å². The Morgan fingerprint density at radius 3 is 2.25 bits per heavy atom. The lowest BCUT2D eigenvalue weighted by Gasteiger charge is -2.11. The predicted octanol–water partition coefficient (Wildman–Crippen LogP) is 2.35. The molecule has 0 fully saturated rings. The van der Waals surface area contributed by atoms with Crippen LogP contribution in [0.15, 0.2) is 17.1 Å². The van der Waals surface area contributed by atoms with Gasteiger partial charge in [-0.2, -0.15) is 0 Å². The quantitative estimate of drug-likeness (QED) is 0.390. The van der Waals surface area contributed by atoms with Crippen LogP contribution < -0.4 is 5.73 Å². The smallest absolute Gasteiger partial charge is 0.0972 e. The first kappa shape index (κ1) is 11.2. The molecule has 2 nitrogen and oxygen atoms in total. The number of aliphatic imine (C=N–C) groups is 1. The number of nitrogens with two attached hydrogens (primary N) is 1. The van der Waals surface area contributed by atoms with Gasteiger partial charge in [0.2, 0.25) is 0 Å². The molecule has 0 rings (SSSR count). The normalized spacial score (nSPS) is 14.9. The number of nitrogens with zero attached hydrogens (tertiary/aromatic N) is 1. The highest BCUT2D eigenvalue weighted by atomic mass is 14.9. The lowest BCUT2D eigenvalue weighted by molar-refractivity contribution is 0.728. The van der Waals surface area contributed by atoms with Gasteiger partial charge >= 0.3 is 0 Å². The molecular formula is C10H20N2. The lowest BCUT2D eigenvalue weighted by Crippen LogP contribution is -2.23. The summed E-state index contributed by atoms with van der Waals surface area (Å²) in [4.78, 5) is 4.28. The molecular weight excluding hydrogens is 148 g/mol. The molecule has 2 heteroatoms. The molecule has 1 unspecified atom stereocenters. The largest absolute Gasteiger partial charge is 0.387 e. The van der Waals surface area contributed by atoms with Crippen molar-refractivity contribution in [1.82, 2.24) is 0 Å². The van der Waals surface area contributed by atoms with Crippen LogP contribution in [0.2, 0.25) is 0 Å². The third-order valence-corrected chi connectivity index (χ3v) is 1.57. The topological polar surface area (TPSA) is 38.4 Å². The fourth-order valence-electron chi connectivity index (χ4n) is 1.05. The van der Waals surface area contributed by atoms with E-state index in [1.54, 1.807) is 0 Å². The SMILES string of the molecule is C=C(C)CC(C)C(N)=NC(C)C. The number of hydrogen-bond donors (Lipinski definition) is 1. The van der Waals surface area contributed by atoms with E-state index in [2.05, 4.69) is 18.5 Å². The zero-order valence-electron chi connectivity index (χ0n) is 8.59. The van der Waals surface area contributed by atoms with Crippen LogP contribution in [0.25, 0.3) is 0 Å². The summed E-state index contributed by atoms with van der Waals surface area (Å²) in [5.41, 5.74) is 6.93. The first-order valence-electron chi connectivity index (χ1n) is 4.41. The van der Waals surface area contributed by atoms with Crippen LogP contribution >= 0.6 is 0 Å². The molecule has 0 radical (unpaired) electrons. The van der Waals surface area contributed by atoms with Gasteiger partial charge in [-0.25, -0.2) is 0 Å². The van der Waals surface area contributed by atoms with Crippen molar-refractivity contribution in [2.24, 2.45) is 16.6 Å². The summed E-state index contributed by atoms with van der Waals surface area (Å²) in [6, 6.07) is 0.289. The van der Waals surface area contributed by atoms with E-state index in [0.29, 0.717) is 5.92 Å². The molecule has 0 amide bonds. The first-order chi connectivity index (χ1) is 5.43. The molecule has 0 heterocycles. The van der Waals surface area contributed by atoms with Gasteiger partial charge in [-0.3, -0.25) is 4.99 Å². The second-order valence-corrected chi connectivity index (χ2v) is 3.71. The average Bonchev–Trinajstić information content (AvgIpc) is 1.84. The summed E-state index contributed by atoms with van der Waals surface area (Å²) in [5.74, 6) is 1.07. The highest BCUT2D eigenvalue weighted by molar-refractivity contribution is 5.82. The Morgan fingerprint density at radius 2 is 1.92 bits per heavy atom. The molecule has 0 aromatic carbocycles. The molecule has 0 spiro atoms. The maximum Gasteiger partial charge on any atom is 0.0972 e. The van der Waals surface area contributed by atoms with Gasteiger partial charge in [0.25, 0.3) is 0 Å². The Morgan fingerprint density at radius 1 is 1.42 bits per heavy atom. The van der Waals surface area contributed by atoms with Crippen molar-refractivity contribution in [1.29, 1.82) is 0 Å². The van der Waals surface area contributed by atoms with Crippen LogP contribution in [0.4, 0.5) is 0 Å². The average molecular weight is 168 g/mol. The van der Waals surface area contributed by atoms with Crippen molar-refractivity contribution >= 4 is 5.84 Å². The van der Waals surface area contributed by atoms with Crippen molar-refractivity contribution in [3.63, 3.8) is 0 Å². The van der Waals surface area contributed by atoms with E-state index in [1.807, 2.05) is 20.8 Å². The highest BCUT2D eigenvalue weighted by Crippen LogP contribution is 2.09. The van der Waals surface area contributed by atoms with Crippen LogP contribution in [0.1, 0.15) is 34.1 Å². The molecule has 0 saturated heterocycles. The second-order valence-electron chi connectivity index (χ2n) is 3.71. The van der Waals surface area contributed by atoms with E-state index in [0.717, 1.165) is 17.8 Å². The van der Waals surface area contributed by atoms with E-state index in [1.165, 1.54) is 0 Å². The van der Waals surface area contributed by atoms with Crippen molar-refractivity contribution in [2.45, 2.75) is 40.2 Å². The van der Waals surface area contributed by atoms with Crippen LogP contribution in [0, 0.1) is 5.92 Å². The Hall–Kier alpha value is -0.790. The van der Waals surface area contributed by atoms with Gasteiger partial charge in [0.15, 0.2) is 0 Å². The second kappa shape index (κ2) is 4.96. The number of hydrogen-bond acceptors (Lipinski definition) is 1. The maximum absolute atomic E-state index is 5.78. The summed E-state index contributed by atoms with van der Waals surface area (Å²) in [5, 5.41) is 0. The van der Waals surface area contributed by atoms with Crippen molar-refractivity contribution in [3.8, 4) is 0 Å². The molecule has 0 aliphatic carbocycles. The Kier molecular flexibility index (Phi) is 4.64. The number of amidine groups is 1. The van der Waals surface area contributed by atoms with E-state index in [4.69, 9.17) is 5.73 Å². The summed E-state index contributed by atoms with van der Waals surface area (Å²) in [6.07, 6.45) is 0.933. The lowest BCUT2D eigenvalue weighted by atomic mass is 10.0. The predicted molar refractivity (Wildman–Crippen MR) is 55.4 cm³/mol. The minimum absolute atomic E-state index is 0.289. The van der Waals surface area contributed by atoms with Crippen LogP contribution in [-0.2, 0) is 0 Å². The van der Waals surface area contributed by atoms with Crippen molar-refractivity contribution in [2.75, 3.05) is 0 Å². The minimum atomic E-state index is 0.289. The number of allylic oxidation sites excluding steroid dienone is 1. The first-order valence-corrected chi connectivity index (χ1v) is 4.41. The Bertz CT molecular complexity index is 180. The van der Waals surface area contributed by atoms with Crippen LogP contribution in [0.5, 0.6) is 0 Å². The Balaban J connectivity index is 4.09. The zero-order chi connectivity index (χ0) is 9.72. The molecule has 0 aliphatic heterocycles. The summed E-state index contributed by atoms with van der Waals surface area (Å²) in [6.45, 7) is 12.0. The fourth-order valence-corrected chi connectivity index (χ4v) is 1.05. The van der Waals surface area contributed by atoms with Gasteiger partial charge in [-0.15, -0.1) is 6.58 Å². The third-order valence-electron chi connectivity index (χ3n) is 1.57. The summed E-state index contributed by atoms with van der Waals surface area (Å²) >= 11 is 0. The van der Waals surface area contributed by atoms with Gasteiger partial charge in [0.1, 0.15) is 0 Å². The van der Waals surface area contributed by atoms with E-state index in [-0.39, 0.29) is 6.04 Å².